The molecule has 2 rings (SSSR count). The van der Waals surface area contributed by atoms with Gasteiger partial charge in [-0.05, 0) is 26.0 Å². The number of halogens is 1. The van der Waals surface area contributed by atoms with Crippen LogP contribution in [-0.4, -0.2) is 23.9 Å². The summed E-state index contributed by atoms with van der Waals surface area (Å²) in [5, 5.41) is 1.35. The fourth-order valence-corrected chi connectivity index (χ4v) is 3.53. The second-order valence-corrected chi connectivity index (χ2v) is 6.19. The largest absolute Gasteiger partial charge is 0.397 e. The number of thiophene rings is 1. The van der Waals surface area contributed by atoms with Crippen LogP contribution in [0.25, 0.3) is 10.1 Å². The Bertz CT molecular complexity index is 678. The van der Waals surface area contributed by atoms with Gasteiger partial charge in [-0.15, -0.1) is 11.3 Å². The van der Waals surface area contributed by atoms with Crippen LogP contribution in [0.3, 0.4) is 0 Å². The summed E-state index contributed by atoms with van der Waals surface area (Å²) in [5.41, 5.74) is 7.54. The fourth-order valence-electron chi connectivity index (χ4n) is 2.08. The number of fused-ring (bicyclic) bond motifs is 1. The van der Waals surface area contributed by atoms with Crippen LogP contribution >= 0.6 is 22.9 Å². The Balaban J connectivity index is 2.47. The minimum atomic E-state index is -0.0646. The van der Waals surface area contributed by atoms with E-state index in [1.165, 1.54) is 11.3 Å². The Morgan fingerprint density at radius 3 is 2.75 bits per heavy atom. The first kappa shape index (κ1) is 14.9. The second-order valence-electron chi connectivity index (χ2n) is 4.73. The molecule has 0 aliphatic rings. The highest BCUT2D eigenvalue weighted by Crippen LogP contribution is 2.38. The summed E-state index contributed by atoms with van der Waals surface area (Å²) in [6, 6.07) is 5.57. The number of carbonyl (C=O) groups is 1. The van der Waals surface area contributed by atoms with Crippen molar-refractivity contribution in [2.45, 2.75) is 13.8 Å². The first-order valence-corrected chi connectivity index (χ1v) is 7.55. The highest BCUT2D eigenvalue weighted by molar-refractivity contribution is 7.21. The van der Waals surface area contributed by atoms with Crippen LogP contribution < -0.4 is 5.73 Å². The smallest absolute Gasteiger partial charge is 0.266 e. The van der Waals surface area contributed by atoms with Gasteiger partial charge in [-0.2, -0.15) is 0 Å². The maximum Gasteiger partial charge on any atom is 0.266 e. The molecule has 5 heteroatoms. The molecule has 1 aromatic carbocycles. The number of nitrogens with two attached hydrogens (primary N) is 1. The number of hydrogen-bond donors (Lipinski definition) is 1. The molecule has 1 amide bonds. The number of nitrogens with zero attached hydrogens (tertiary/aromatic N) is 1. The molecule has 3 nitrogen and oxygen atoms in total. The van der Waals surface area contributed by atoms with Gasteiger partial charge >= 0.3 is 0 Å². The quantitative estimate of drug-likeness (QED) is 0.861. The van der Waals surface area contributed by atoms with Crippen molar-refractivity contribution in [3.63, 3.8) is 0 Å². The van der Waals surface area contributed by atoms with E-state index in [1.54, 1.807) is 11.0 Å². The number of likely N-dealkylation sites (N-methyl/N-ethyl adjacent to an activating group) is 1. The third kappa shape index (κ3) is 2.67. The van der Waals surface area contributed by atoms with Gasteiger partial charge in [-0.25, -0.2) is 0 Å². The molecule has 0 aliphatic carbocycles. The lowest BCUT2D eigenvalue weighted by Gasteiger charge is -2.20. The van der Waals surface area contributed by atoms with Crippen LogP contribution in [0, 0.1) is 0 Å². The van der Waals surface area contributed by atoms with E-state index in [2.05, 4.69) is 6.58 Å². The molecule has 0 aliphatic heterocycles. The number of nitrogen functional groups attached to an aromatic ring is 1. The van der Waals surface area contributed by atoms with Crippen molar-refractivity contribution in [1.82, 2.24) is 4.90 Å². The van der Waals surface area contributed by atoms with E-state index in [1.807, 2.05) is 26.0 Å². The summed E-state index contributed by atoms with van der Waals surface area (Å²) >= 11 is 7.55. The van der Waals surface area contributed by atoms with Crippen molar-refractivity contribution >= 4 is 44.6 Å². The van der Waals surface area contributed by atoms with E-state index in [0.717, 1.165) is 15.7 Å². The molecule has 1 heterocycles. The number of anilines is 1. The van der Waals surface area contributed by atoms with Crippen molar-refractivity contribution < 1.29 is 4.79 Å². The molecule has 0 fully saturated rings. The molecule has 0 saturated carbocycles. The monoisotopic (exact) mass is 308 g/mol. The van der Waals surface area contributed by atoms with Crippen molar-refractivity contribution in [3.05, 3.63) is 40.3 Å². The zero-order valence-electron chi connectivity index (χ0n) is 11.6. The standard InChI is InChI=1S/C15H17ClN2OS/c1-4-18(8-9(2)3)15(19)14-13(17)12-10(16)6-5-7-11(12)20-14/h5-7H,2,4,8,17H2,1,3H3. The highest BCUT2D eigenvalue weighted by atomic mass is 35.5. The van der Waals surface area contributed by atoms with E-state index in [9.17, 15) is 4.79 Å². The highest BCUT2D eigenvalue weighted by Gasteiger charge is 2.22. The predicted molar refractivity (Wildman–Crippen MR) is 87.6 cm³/mol. The summed E-state index contributed by atoms with van der Waals surface area (Å²) in [6.45, 7) is 8.86. The number of rotatable bonds is 4. The van der Waals surface area contributed by atoms with Crippen molar-refractivity contribution in [3.8, 4) is 0 Å². The maximum absolute atomic E-state index is 12.6. The zero-order valence-corrected chi connectivity index (χ0v) is 13.1. The van der Waals surface area contributed by atoms with Gasteiger partial charge in [0.1, 0.15) is 4.88 Å². The molecule has 0 atom stereocenters. The third-order valence-electron chi connectivity index (χ3n) is 3.03. The molecule has 106 valence electrons. The lowest BCUT2D eigenvalue weighted by atomic mass is 10.2. The summed E-state index contributed by atoms with van der Waals surface area (Å²) in [7, 11) is 0. The number of amides is 1. The molecule has 0 radical (unpaired) electrons. The Labute approximate surface area is 127 Å². The topological polar surface area (TPSA) is 46.3 Å². The van der Waals surface area contributed by atoms with Crippen molar-refractivity contribution in [1.29, 1.82) is 0 Å². The molecule has 0 unspecified atom stereocenters. The lowest BCUT2D eigenvalue weighted by Crippen LogP contribution is -2.32. The maximum atomic E-state index is 12.6. The van der Waals surface area contributed by atoms with Gasteiger partial charge in [-0.1, -0.05) is 29.8 Å². The molecule has 2 aromatic rings. The normalized spacial score (nSPS) is 10.8. The minimum Gasteiger partial charge on any atom is -0.397 e. The average Bonchev–Trinajstić information content (AvgIpc) is 2.73. The van der Waals surface area contributed by atoms with Gasteiger partial charge in [0.05, 0.1) is 10.7 Å². The van der Waals surface area contributed by atoms with Gasteiger partial charge in [0.25, 0.3) is 5.91 Å². The number of hydrogen-bond acceptors (Lipinski definition) is 3. The third-order valence-corrected chi connectivity index (χ3v) is 4.50. The lowest BCUT2D eigenvalue weighted by molar-refractivity contribution is 0.0784. The van der Waals surface area contributed by atoms with E-state index in [-0.39, 0.29) is 5.91 Å². The van der Waals surface area contributed by atoms with Gasteiger partial charge in [-0.3, -0.25) is 4.79 Å². The zero-order chi connectivity index (χ0) is 14.9. The van der Waals surface area contributed by atoms with Crippen molar-refractivity contribution in [2.24, 2.45) is 0 Å². The molecule has 0 saturated heterocycles. The van der Waals surface area contributed by atoms with E-state index >= 15 is 0 Å². The van der Waals surface area contributed by atoms with E-state index in [0.29, 0.717) is 28.7 Å². The molecular formula is C15H17ClN2OS. The van der Waals surface area contributed by atoms with Crippen LogP contribution in [0.1, 0.15) is 23.5 Å². The second kappa shape index (κ2) is 5.85. The molecule has 20 heavy (non-hydrogen) atoms. The Kier molecular flexibility index (Phi) is 4.35. The first-order valence-electron chi connectivity index (χ1n) is 6.35. The summed E-state index contributed by atoms with van der Waals surface area (Å²) in [5.74, 6) is -0.0646. The minimum absolute atomic E-state index is 0.0646. The van der Waals surface area contributed by atoms with Gasteiger partial charge in [0, 0.05) is 23.2 Å². The Morgan fingerprint density at radius 2 is 2.20 bits per heavy atom. The fraction of sp³-hybridized carbons (Fsp3) is 0.267. The molecule has 0 bridgehead atoms. The van der Waals surface area contributed by atoms with E-state index < -0.39 is 0 Å². The van der Waals surface area contributed by atoms with Crippen LogP contribution in [0.2, 0.25) is 5.02 Å². The Hall–Kier alpha value is -1.52. The SMILES string of the molecule is C=C(C)CN(CC)C(=O)c1sc2cccc(Cl)c2c1N. The van der Waals surface area contributed by atoms with Crippen molar-refractivity contribution in [2.75, 3.05) is 18.8 Å². The molecule has 2 N–H and O–H groups in total. The van der Waals surface area contributed by atoms with Gasteiger partial charge in [0.2, 0.25) is 0 Å². The average molecular weight is 309 g/mol. The van der Waals surface area contributed by atoms with Crippen LogP contribution in [0.5, 0.6) is 0 Å². The predicted octanol–water partition coefficient (Wildman–Crippen LogP) is 4.18. The molecular weight excluding hydrogens is 292 g/mol. The van der Waals surface area contributed by atoms with Crippen LogP contribution in [0.15, 0.2) is 30.4 Å². The summed E-state index contributed by atoms with van der Waals surface area (Å²) < 4.78 is 0.935. The summed E-state index contributed by atoms with van der Waals surface area (Å²) in [4.78, 5) is 14.9. The van der Waals surface area contributed by atoms with Crippen LogP contribution in [-0.2, 0) is 0 Å². The Morgan fingerprint density at radius 1 is 1.50 bits per heavy atom. The molecule has 1 aromatic heterocycles. The van der Waals surface area contributed by atoms with Gasteiger partial charge < -0.3 is 10.6 Å². The first-order chi connectivity index (χ1) is 9.45. The number of benzene rings is 1. The van der Waals surface area contributed by atoms with Crippen LogP contribution in [0.4, 0.5) is 5.69 Å². The summed E-state index contributed by atoms with van der Waals surface area (Å²) in [6.07, 6.45) is 0. The van der Waals surface area contributed by atoms with Gasteiger partial charge in [0.15, 0.2) is 0 Å². The van der Waals surface area contributed by atoms with E-state index in [4.69, 9.17) is 17.3 Å². The molecule has 0 spiro atoms. The number of carbonyl (C=O) groups excluding carboxylic acids is 1.